The van der Waals surface area contributed by atoms with E-state index in [1.54, 1.807) is 12.4 Å². The Morgan fingerprint density at radius 2 is 1.92 bits per heavy atom. The highest BCUT2D eigenvalue weighted by atomic mass is 19.4. The molecule has 3 rings (SSSR count). The van der Waals surface area contributed by atoms with E-state index in [1.165, 1.54) is 18.2 Å². The van der Waals surface area contributed by atoms with Crippen molar-refractivity contribution in [1.82, 2.24) is 10.3 Å². The smallest absolute Gasteiger partial charge is 0.371 e. The van der Waals surface area contributed by atoms with E-state index < -0.39 is 17.6 Å². The highest BCUT2D eigenvalue weighted by Gasteiger charge is 2.35. The standard InChI is InChI=1S/C19H20F3N3O/c20-19(21,22)17-6-2-1-5-16(17)18(26)24-12-14-4-3-11-25(13-14)15-7-9-23-10-8-15/h1-2,5-10,14H,3-4,11-13H2,(H,24,26). The van der Waals surface area contributed by atoms with E-state index in [0.29, 0.717) is 6.54 Å². The van der Waals surface area contributed by atoms with Crippen LogP contribution in [0.5, 0.6) is 0 Å². The van der Waals surface area contributed by atoms with Crippen LogP contribution in [0.3, 0.4) is 0 Å². The lowest BCUT2D eigenvalue weighted by Crippen LogP contribution is -2.41. The summed E-state index contributed by atoms with van der Waals surface area (Å²) in [5.41, 5.74) is -0.167. The highest BCUT2D eigenvalue weighted by Crippen LogP contribution is 2.31. The molecule has 1 aliphatic heterocycles. The number of nitrogens with zero attached hydrogens (tertiary/aromatic N) is 2. The fraction of sp³-hybridized carbons (Fsp3) is 0.368. The second-order valence-electron chi connectivity index (χ2n) is 6.41. The molecule has 0 radical (unpaired) electrons. The first kappa shape index (κ1) is 18.2. The van der Waals surface area contributed by atoms with E-state index in [-0.39, 0.29) is 11.5 Å². The molecule has 1 unspecified atom stereocenters. The van der Waals surface area contributed by atoms with Gasteiger partial charge in [-0.05, 0) is 43.0 Å². The molecule has 0 bridgehead atoms. The van der Waals surface area contributed by atoms with Gasteiger partial charge in [0.15, 0.2) is 0 Å². The van der Waals surface area contributed by atoms with E-state index in [1.807, 2.05) is 12.1 Å². The lowest BCUT2D eigenvalue weighted by atomic mass is 9.97. The van der Waals surface area contributed by atoms with Crippen molar-refractivity contribution in [2.45, 2.75) is 19.0 Å². The van der Waals surface area contributed by atoms with Crippen LogP contribution in [-0.4, -0.2) is 30.5 Å². The minimum Gasteiger partial charge on any atom is -0.371 e. The summed E-state index contributed by atoms with van der Waals surface area (Å²) in [5.74, 6) is -0.488. The summed E-state index contributed by atoms with van der Waals surface area (Å²) in [5, 5.41) is 2.68. The Labute approximate surface area is 150 Å². The van der Waals surface area contributed by atoms with Gasteiger partial charge in [-0.25, -0.2) is 0 Å². The Hall–Kier alpha value is -2.57. The largest absolute Gasteiger partial charge is 0.417 e. The number of rotatable bonds is 4. The number of hydrogen-bond acceptors (Lipinski definition) is 3. The third kappa shape index (κ3) is 4.33. The quantitative estimate of drug-likeness (QED) is 0.900. The Morgan fingerprint density at radius 3 is 2.65 bits per heavy atom. The molecular weight excluding hydrogens is 343 g/mol. The summed E-state index contributed by atoms with van der Waals surface area (Å²) in [6, 6.07) is 8.73. The second-order valence-corrected chi connectivity index (χ2v) is 6.41. The third-order valence-corrected chi connectivity index (χ3v) is 4.58. The molecular formula is C19H20F3N3O. The van der Waals surface area contributed by atoms with E-state index >= 15 is 0 Å². The minimum atomic E-state index is -4.54. The van der Waals surface area contributed by atoms with E-state index in [9.17, 15) is 18.0 Å². The number of amides is 1. The summed E-state index contributed by atoms with van der Waals surface area (Å²) in [6.45, 7) is 2.03. The van der Waals surface area contributed by atoms with Crippen molar-refractivity contribution in [3.63, 3.8) is 0 Å². The molecule has 0 saturated carbocycles. The molecule has 1 aliphatic rings. The van der Waals surface area contributed by atoms with Crippen molar-refractivity contribution in [2.24, 2.45) is 5.92 Å². The molecule has 1 aromatic heterocycles. The number of pyridine rings is 1. The topological polar surface area (TPSA) is 45.2 Å². The molecule has 1 amide bonds. The summed E-state index contributed by atoms with van der Waals surface area (Å²) in [6.07, 6.45) is 0.825. The monoisotopic (exact) mass is 363 g/mol. The number of halogens is 3. The van der Waals surface area contributed by atoms with Gasteiger partial charge < -0.3 is 10.2 Å². The molecule has 1 aromatic carbocycles. The normalized spacial score (nSPS) is 17.8. The van der Waals surface area contributed by atoms with E-state index in [2.05, 4.69) is 15.2 Å². The van der Waals surface area contributed by atoms with Crippen molar-refractivity contribution < 1.29 is 18.0 Å². The number of alkyl halides is 3. The third-order valence-electron chi connectivity index (χ3n) is 4.58. The lowest BCUT2D eigenvalue weighted by molar-refractivity contribution is -0.137. The average Bonchev–Trinajstić information content (AvgIpc) is 2.66. The fourth-order valence-electron chi connectivity index (χ4n) is 3.28. The van der Waals surface area contributed by atoms with Gasteiger partial charge in [0.2, 0.25) is 0 Å². The zero-order valence-corrected chi connectivity index (χ0v) is 14.2. The molecule has 0 spiro atoms. The van der Waals surface area contributed by atoms with Gasteiger partial charge in [0.05, 0.1) is 11.1 Å². The fourth-order valence-corrected chi connectivity index (χ4v) is 3.28. The summed E-state index contributed by atoms with van der Waals surface area (Å²) in [7, 11) is 0. The molecule has 2 aromatic rings. The van der Waals surface area contributed by atoms with Crippen molar-refractivity contribution in [3.8, 4) is 0 Å². The molecule has 4 nitrogen and oxygen atoms in total. The zero-order valence-electron chi connectivity index (χ0n) is 14.2. The number of carbonyl (C=O) groups is 1. The van der Waals surface area contributed by atoms with Gasteiger partial charge in [-0.2, -0.15) is 13.2 Å². The van der Waals surface area contributed by atoms with Crippen LogP contribution in [0.1, 0.15) is 28.8 Å². The Morgan fingerprint density at radius 1 is 1.19 bits per heavy atom. The van der Waals surface area contributed by atoms with Crippen molar-refractivity contribution in [1.29, 1.82) is 0 Å². The molecule has 1 fully saturated rings. The Kier molecular flexibility index (Phi) is 5.44. The molecule has 0 aliphatic carbocycles. The van der Waals surface area contributed by atoms with Crippen LogP contribution >= 0.6 is 0 Å². The van der Waals surface area contributed by atoms with Crippen molar-refractivity contribution in [3.05, 3.63) is 59.9 Å². The number of piperidine rings is 1. The van der Waals surface area contributed by atoms with Crippen LogP contribution < -0.4 is 10.2 Å². The zero-order chi connectivity index (χ0) is 18.6. The van der Waals surface area contributed by atoms with Gasteiger partial charge in [0, 0.05) is 37.7 Å². The van der Waals surface area contributed by atoms with Crippen molar-refractivity contribution in [2.75, 3.05) is 24.5 Å². The lowest BCUT2D eigenvalue weighted by Gasteiger charge is -2.34. The van der Waals surface area contributed by atoms with Crippen LogP contribution in [0, 0.1) is 5.92 Å². The van der Waals surface area contributed by atoms with Crippen LogP contribution in [0.4, 0.5) is 18.9 Å². The number of carbonyl (C=O) groups excluding carboxylic acids is 1. The van der Waals surface area contributed by atoms with Gasteiger partial charge in [-0.15, -0.1) is 0 Å². The van der Waals surface area contributed by atoms with Crippen LogP contribution in [-0.2, 0) is 6.18 Å². The predicted molar refractivity (Wildman–Crippen MR) is 93.0 cm³/mol. The first-order valence-electron chi connectivity index (χ1n) is 8.54. The molecule has 1 atom stereocenters. The number of hydrogen-bond donors (Lipinski definition) is 1. The van der Waals surface area contributed by atoms with Gasteiger partial charge in [-0.1, -0.05) is 12.1 Å². The molecule has 26 heavy (non-hydrogen) atoms. The summed E-state index contributed by atoms with van der Waals surface area (Å²) >= 11 is 0. The van der Waals surface area contributed by atoms with Crippen LogP contribution in [0.25, 0.3) is 0 Å². The number of anilines is 1. The van der Waals surface area contributed by atoms with Crippen molar-refractivity contribution >= 4 is 11.6 Å². The minimum absolute atomic E-state index is 0.193. The molecule has 2 heterocycles. The molecule has 1 saturated heterocycles. The first-order chi connectivity index (χ1) is 12.4. The average molecular weight is 363 g/mol. The highest BCUT2D eigenvalue weighted by molar-refractivity contribution is 5.95. The second kappa shape index (κ2) is 7.76. The maximum absolute atomic E-state index is 13.1. The number of nitrogens with one attached hydrogen (secondary N) is 1. The first-order valence-corrected chi connectivity index (χ1v) is 8.54. The number of benzene rings is 1. The molecule has 7 heteroatoms. The van der Waals surface area contributed by atoms with Gasteiger partial charge in [-0.3, -0.25) is 9.78 Å². The Bertz CT molecular complexity index is 749. The van der Waals surface area contributed by atoms with E-state index in [0.717, 1.165) is 37.7 Å². The van der Waals surface area contributed by atoms with Gasteiger partial charge in [0.1, 0.15) is 0 Å². The maximum atomic E-state index is 13.1. The number of aromatic nitrogens is 1. The predicted octanol–water partition coefficient (Wildman–Crippen LogP) is 3.75. The summed E-state index contributed by atoms with van der Waals surface area (Å²) < 4.78 is 39.2. The van der Waals surface area contributed by atoms with E-state index in [4.69, 9.17) is 0 Å². The Balaban J connectivity index is 1.62. The van der Waals surface area contributed by atoms with Gasteiger partial charge >= 0.3 is 6.18 Å². The maximum Gasteiger partial charge on any atom is 0.417 e. The van der Waals surface area contributed by atoms with Crippen LogP contribution in [0.2, 0.25) is 0 Å². The van der Waals surface area contributed by atoms with Gasteiger partial charge in [0.25, 0.3) is 5.91 Å². The molecule has 138 valence electrons. The molecule has 1 N–H and O–H groups in total. The SMILES string of the molecule is O=C(NCC1CCCN(c2ccncc2)C1)c1ccccc1C(F)(F)F. The van der Waals surface area contributed by atoms with Crippen LogP contribution in [0.15, 0.2) is 48.8 Å². The summed E-state index contributed by atoms with van der Waals surface area (Å²) in [4.78, 5) is 18.5.